The Hall–Kier alpha value is -1.62. The van der Waals surface area contributed by atoms with Gasteiger partial charge in [0.2, 0.25) is 0 Å². The van der Waals surface area contributed by atoms with Crippen LogP contribution < -0.4 is 0 Å². The fourth-order valence-electron chi connectivity index (χ4n) is 1.60. The highest BCUT2D eigenvalue weighted by atomic mass is 35.5. The summed E-state index contributed by atoms with van der Waals surface area (Å²) in [5.41, 5.74) is -0.951. The number of halogens is 1. The normalized spacial score (nSPS) is 11.1. The van der Waals surface area contributed by atoms with Crippen molar-refractivity contribution in [2.24, 2.45) is 0 Å². The van der Waals surface area contributed by atoms with E-state index in [-0.39, 0.29) is 17.6 Å². The first kappa shape index (κ1) is 14.4. The molecule has 0 saturated carbocycles. The number of carboxylic acid groups (broad SMARTS) is 1. The lowest BCUT2D eigenvalue weighted by atomic mass is 10.0. The van der Waals surface area contributed by atoms with Crippen LogP contribution in [0.25, 0.3) is 0 Å². The van der Waals surface area contributed by atoms with Crippen molar-refractivity contribution in [3.05, 3.63) is 29.0 Å². The van der Waals surface area contributed by atoms with E-state index in [1.165, 1.54) is 37.1 Å². The summed E-state index contributed by atoms with van der Waals surface area (Å²) in [5, 5.41) is 9.36. The Kier molecular flexibility index (Phi) is 4.29. The molecule has 0 radical (unpaired) electrons. The Labute approximate surface area is 110 Å². The molecule has 1 rings (SSSR count). The number of likely N-dealkylation sites (N-methyl/N-ethyl adjacent to an activating group) is 1. The number of aromatic nitrogens is 1. The van der Waals surface area contributed by atoms with E-state index in [2.05, 4.69) is 4.98 Å². The summed E-state index contributed by atoms with van der Waals surface area (Å²) in [5.74, 6) is -1.44. The van der Waals surface area contributed by atoms with Crippen LogP contribution >= 0.6 is 11.6 Å². The molecular formula is C12H15ClN2O3. The molecule has 0 fully saturated rings. The highest BCUT2D eigenvalue weighted by Gasteiger charge is 2.37. The van der Waals surface area contributed by atoms with E-state index in [9.17, 15) is 9.59 Å². The highest BCUT2D eigenvalue weighted by Crippen LogP contribution is 2.19. The standard InChI is InChI=1S/C12H15ClN2O3/c1-4-15(12(2,3)11(17)18)10(16)8-5-6-14-9(13)7-8/h5-7H,4H2,1-3H3,(H,17,18). The molecule has 0 aliphatic carbocycles. The summed E-state index contributed by atoms with van der Waals surface area (Å²) < 4.78 is 0. The van der Waals surface area contributed by atoms with E-state index in [0.29, 0.717) is 5.56 Å². The second-order valence-electron chi connectivity index (χ2n) is 4.28. The molecule has 0 unspecified atom stereocenters. The van der Waals surface area contributed by atoms with Crippen molar-refractivity contribution in [1.29, 1.82) is 0 Å². The maximum Gasteiger partial charge on any atom is 0.329 e. The number of aliphatic carboxylic acids is 1. The molecule has 0 aliphatic rings. The van der Waals surface area contributed by atoms with E-state index in [1.54, 1.807) is 6.92 Å². The summed E-state index contributed by atoms with van der Waals surface area (Å²) in [6.07, 6.45) is 1.41. The molecule has 0 bridgehead atoms. The van der Waals surface area contributed by atoms with Crippen LogP contribution in [0.15, 0.2) is 18.3 Å². The van der Waals surface area contributed by atoms with Crippen LogP contribution in [0.1, 0.15) is 31.1 Å². The van der Waals surface area contributed by atoms with E-state index in [1.807, 2.05) is 0 Å². The van der Waals surface area contributed by atoms with Gasteiger partial charge in [0.15, 0.2) is 0 Å². The first-order chi connectivity index (χ1) is 8.30. The number of carbonyl (C=O) groups excluding carboxylic acids is 1. The van der Waals surface area contributed by atoms with Crippen molar-refractivity contribution in [2.75, 3.05) is 6.54 Å². The molecule has 1 aromatic heterocycles. The van der Waals surface area contributed by atoms with Crippen LogP contribution in [-0.4, -0.2) is 39.0 Å². The summed E-state index contributed by atoms with van der Waals surface area (Å²) in [6, 6.07) is 2.93. The number of hydrogen-bond donors (Lipinski definition) is 1. The molecule has 1 heterocycles. The van der Waals surface area contributed by atoms with Gasteiger partial charge in [-0.1, -0.05) is 11.6 Å². The Morgan fingerprint density at radius 1 is 1.50 bits per heavy atom. The van der Waals surface area contributed by atoms with Crippen LogP contribution in [0.5, 0.6) is 0 Å². The van der Waals surface area contributed by atoms with Crippen LogP contribution in [0.4, 0.5) is 0 Å². The molecule has 98 valence electrons. The Morgan fingerprint density at radius 2 is 2.11 bits per heavy atom. The fraction of sp³-hybridized carbons (Fsp3) is 0.417. The van der Waals surface area contributed by atoms with Crippen LogP contribution in [0.3, 0.4) is 0 Å². The first-order valence-corrected chi connectivity index (χ1v) is 5.85. The van der Waals surface area contributed by atoms with Crippen LogP contribution in [-0.2, 0) is 4.79 Å². The van der Waals surface area contributed by atoms with E-state index < -0.39 is 11.5 Å². The molecule has 6 heteroatoms. The Balaban J connectivity index is 3.11. The van der Waals surface area contributed by atoms with Gasteiger partial charge < -0.3 is 10.0 Å². The van der Waals surface area contributed by atoms with Crippen molar-refractivity contribution in [2.45, 2.75) is 26.3 Å². The molecule has 5 nitrogen and oxygen atoms in total. The minimum Gasteiger partial charge on any atom is -0.480 e. The number of nitrogens with zero attached hydrogens (tertiary/aromatic N) is 2. The SMILES string of the molecule is CCN(C(=O)c1ccnc(Cl)c1)C(C)(C)C(=O)O. The number of amides is 1. The lowest BCUT2D eigenvalue weighted by Crippen LogP contribution is -2.52. The van der Waals surface area contributed by atoms with Gasteiger partial charge in [-0.3, -0.25) is 4.79 Å². The second-order valence-corrected chi connectivity index (χ2v) is 4.67. The second kappa shape index (κ2) is 5.35. The minimum atomic E-state index is -1.28. The minimum absolute atomic E-state index is 0.199. The first-order valence-electron chi connectivity index (χ1n) is 5.47. The monoisotopic (exact) mass is 270 g/mol. The Bertz CT molecular complexity index is 474. The summed E-state index contributed by atoms with van der Waals surface area (Å²) >= 11 is 5.72. The van der Waals surface area contributed by atoms with Gasteiger partial charge in [-0.05, 0) is 32.9 Å². The third-order valence-electron chi connectivity index (χ3n) is 2.73. The molecule has 0 aromatic carbocycles. The molecule has 1 N–H and O–H groups in total. The molecule has 0 aliphatic heterocycles. The van der Waals surface area contributed by atoms with Gasteiger partial charge in [-0.25, -0.2) is 9.78 Å². The number of carboxylic acids is 1. The highest BCUT2D eigenvalue weighted by molar-refractivity contribution is 6.29. The van der Waals surface area contributed by atoms with Crippen molar-refractivity contribution in [3.63, 3.8) is 0 Å². The van der Waals surface area contributed by atoms with Crippen molar-refractivity contribution >= 4 is 23.5 Å². The fourth-order valence-corrected chi connectivity index (χ4v) is 1.77. The lowest BCUT2D eigenvalue weighted by molar-refractivity contribution is -0.147. The van der Waals surface area contributed by atoms with Crippen molar-refractivity contribution in [3.8, 4) is 0 Å². The largest absolute Gasteiger partial charge is 0.480 e. The summed E-state index contributed by atoms with van der Waals surface area (Å²) in [7, 11) is 0. The third-order valence-corrected chi connectivity index (χ3v) is 2.94. The van der Waals surface area contributed by atoms with Crippen LogP contribution in [0.2, 0.25) is 5.15 Å². The number of rotatable bonds is 4. The Morgan fingerprint density at radius 3 is 2.56 bits per heavy atom. The molecule has 18 heavy (non-hydrogen) atoms. The van der Waals surface area contributed by atoms with Gasteiger partial charge in [0.1, 0.15) is 10.7 Å². The molecule has 0 spiro atoms. The number of hydrogen-bond acceptors (Lipinski definition) is 3. The topological polar surface area (TPSA) is 70.5 Å². The maximum absolute atomic E-state index is 12.3. The molecule has 0 saturated heterocycles. The van der Waals surface area contributed by atoms with Crippen molar-refractivity contribution in [1.82, 2.24) is 9.88 Å². The predicted molar refractivity (Wildman–Crippen MR) is 67.7 cm³/mol. The van der Waals surface area contributed by atoms with Gasteiger partial charge in [0, 0.05) is 18.3 Å². The quantitative estimate of drug-likeness (QED) is 0.850. The maximum atomic E-state index is 12.3. The van der Waals surface area contributed by atoms with Gasteiger partial charge in [0.05, 0.1) is 0 Å². The van der Waals surface area contributed by atoms with Gasteiger partial charge in [0.25, 0.3) is 5.91 Å². The van der Waals surface area contributed by atoms with Crippen molar-refractivity contribution < 1.29 is 14.7 Å². The van der Waals surface area contributed by atoms with Gasteiger partial charge in [-0.2, -0.15) is 0 Å². The average Bonchev–Trinajstić information content (AvgIpc) is 2.29. The average molecular weight is 271 g/mol. The summed E-state index contributed by atoms with van der Waals surface area (Å²) in [6.45, 7) is 4.99. The zero-order chi connectivity index (χ0) is 13.9. The van der Waals surface area contributed by atoms with E-state index in [4.69, 9.17) is 16.7 Å². The van der Waals surface area contributed by atoms with E-state index in [0.717, 1.165) is 0 Å². The number of carbonyl (C=O) groups is 2. The molecular weight excluding hydrogens is 256 g/mol. The summed E-state index contributed by atoms with van der Waals surface area (Å²) in [4.78, 5) is 28.5. The third kappa shape index (κ3) is 2.79. The molecule has 1 aromatic rings. The van der Waals surface area contributed by atoms with E-state index >= 15 is 0 Å². The number of pyridine rings is 1. The molecule has 0 atom stereocenters. The van der Waals surface area contributed by atoms with Crippen LogP contribution in [0, 0.1) is 0 Å². The zero-order valence-electron chi connectivity index (χ0n) is 10.5. The molecule has 1 amide bonds. The predicted octanol–water partition coefficient (Wildman–Crippen LogP) is 2.06. The zero-order valence-corrected chi connectivity index (χ0v) is 11.2. The van der Waals surface area contributed by atoms with Gasteiger partial charge >= 0.3 is 5.97 Å². The smallest absolute Gasteiger partial charge is 0.329 e. The lowest BCUT2D eigenvalue weighted by Gasteiger charge is -2.34. The van der Waals surface area contributed by atoms with Gasteiger partial charge in [-0.15, -0.1) is 0 Å².